The Hall–Kier alpha value is -2.82. The Bertz CT molecular complexity index is 963. The Morgan fingerprint density at radius 3 is 2.12 bits per heavy atom. The number of hydrogen-bond acceptors (Lipinski definition) is 3. The highest BCUT2D eigenvalue weighted by Gasteiger charge is 2.54. The fourth-order valence-corrected chi connectivity index (χ4v) is 6.60. The zero-order valence-corrected chi connectivity index (χ0v) is 18.7. The molecule has 4 saturated carbocycles. The molecular formula is C27H32N2O3. The number of ether oxygens (including phenoxy) is 1. The Morgan fingerprint density at radius 1 is 0.875 bits per heavy atom. The molecule has 168 valence electrons. The fraction of sp³-hybridized carbons (Fsp3) is 0.481. The monoisotopic (exact) mass is 432 g/mol. The van der Waals surface area contributed by atoms with Gasteiger partial charge in [-0.1, -0.05) is 24.3 Å². The number of amides is 2. The van der Waals surface area contributed by atoms with Crippen molar-refractivity contribution in [2.24, 2.45) is 23.2 Å². The molecule has 5 heteroatoms. The number of hydrogen-bond donors (Lipinski definition) is 2. The third-order valence-corrected chi connectivity index (χ3v) is 7.78. The Kier molecular flexibility index (Phi) is 5.66. The van der Waals surface area contributed by atoms with Crippen molar-refractivity contribution in [3.8, 4) is 5.75 Å². The highest BCUT2D eigenvalue weighted by Crippen LogP contribution is 2.60. The largest absolute Gasteiger partial charge is 0.497 e. The number of nitrogens with one attached hydrogen (secondary N) is 2. The molecule has 0 spiro atoms. The van der Waals surface area contributed by atoms with Gasteiger partial charge >= 0.3 is 0 Å². The van der Waals surface area contributed by atoms with Crippen molar-refractivity contribution in [3.63, 3.8) is 0 Å². The van der Waals surface area contributed by atoms with Crippen LogP contribution in [0.4, 0.5) is 0 Å². The van der Waals surface area contributed by atoms with Crippen LogP contribution in [0.3, 0.4) is 0 Å². The molecule has 5 nitrogen and oxygen atoms in total. The van der Waals surface area contributed by atoms with Gasteiger partial charge in [0.05, 0.1) is 7.11 Å². The van der Waals surface area contributed by atoms with Gasteiger partial charge in [0, 0.05) is 24.1 Å². The molecule has 6 rings (SSSR count). The first-order valence-electron chi connectivity index (χ1n) is 11.8. The zero-order chi connectivity index (χ0) is 22.1. The van der Waals surface area contributed by atoms with E-state index in [1.54, 1.807) is 7.11 Å². The molecule has 0 saturated heterocycles. The first-order valence-corrected chi connectivity index (χ1v) is 11.8. The molecule has 0 heterocycles. The lowest BCUT2D eigenvalue weighted by molar-refractivity contribution is -0.146. The summed E-state index contributed by atoms with van der Waals surface area (Å²) in [6.07, 6.45) is 7.27. The lowest BCUT2D eigenvalue weighted by Gasteiger charge is -2.55. The van der Waals surface area contributed by atoms with E-state index in [0.29, 0.717) is 18.7 Å². The van der Waals surface area contributed by atoms with Crippen LogP contribution >= 0.6 is 0 Å². The molecule has 2 amide bonds. The number of benzene rings is 2. The predicted molar refractivity (Wildman–Crippen MR) is 123 cm³/mol. The number of methoxy groups -OCH3 is 1. The van der Waals surface area contributed by atoms with Crippen LogP contribution in [0.2, 0.25) is 0 Å². The first kappa shape index (κ1) is 21.0. The quantitative estimate of drug-likeness (QED) is 0.679. The molecule has 4 bridgehead atoms. The van der Waals surface area contributed by atoms with Crippen molar-refractivity contribution in [1.29, 1.82) is 0 Å². The van der Waals surface area contributed by atoms with Crippen molar-refractivity contribution >= 4 is 11.8 Å². The average Bonchev–Trinajstić information content (AvgIpc) is 2.80. The minimum Gasteiger partial charge on any atom is -0.497 e. The maximum atomic E-state index is 13.1. The Balaban J connectivity index is 1.14. The summed E-state index contributed by atoms with van der Waals surface area (Å²) < 4.78 is 5.22. The second kappa shape index (κ2) is 8.61. The molecular weight excluding hydrogens is 400 g/mol. The smallest absolute Gasteiger partial charge is 0.251 e. The van der Waals surface area contributed by atoms with Crippen LogP contribution in [0.5, 0.6) is 5.75 Å². The number of carbonyl (C=O) groups is 2. The van der Waals surface area contributed by atoms with Crippen LogP contribution in [0, 0.1) is 23.2 Å². The lowest BCUT2D eigenvalue weighted by atomic mass is 9.49. The van der Waals surface area contributed by atoms with E-state index in [0.717, 1.165) is 53.9 Å². The van der Waals surface area contributed by atoms with E-state index in [2.05, 4.69) is 10.6 Å². The fourth-order valence-electron chi connectivity index (χ4n) is 6.60. The molecule has 0 radical (unpaired) electrons. The molecule has 0 unspecified atom stereocenters. The van der Waals surface area contributed by atoms with Crippen LogP contribution in [-0.2, 0) is 17.9 Å². The SMILES string of the molecule is COc1cccc(CNC(=O)c2ccc(CNC(=O)C34CC5CC(CC(C5)C3)C4)cc2)c1. The second-order valence-corrected chi connectivity index (χ2v) is 10.1. The summed E-state index contributed by atoms with van der Waals surface area (Å²) in [5, 5.41) is 6.16. The van der Waals surface area contributed by atoms with Gasteiger partial charge in [0.1, 0.15) is 5.75 Å². The second-order valence-electron chi connectivity index (χ2n) is 10.1. The molecule has 4 fully saturated rings. The van der Waals surface area contributed by atoms with E-state index in [9.17, 15) is 9.59 Å². The highest BCUT2D eigenvalue weighted by atomic mass is 16.5. The number of carbonyl (C=O) groups excluding carboxylic acids is 2. The van der Waals surface area contributed by atoms with E-state index in [1.807, 2.05) is 48.5 Å². The van der Waals surface area contributed by atoms with Crippen LogP contribution in [0.25, 0.3) is 0 Å². The summed E-state index contributed by atoms with van der Waals surface area (Å²) in [6, 6.07) is 15.2. The summed E-state index contributed by atoms with van der Waals surface area (Å²) in [5.74, 6) is 3.20. The lowest BCUT2D eigenvalue weighted by Crippen LogP contribution is -2.53. The van der Waals surface area contributed by atoms with Crippen molar-refractivity contribution in [2.75, 3.05) is 7.11 Å². The van der Waals surface area contributed by atoms with Crippen LogP contribution in [0.1, 0.15) is 60.0 Å². The molecule has 2 N–H and O–H groups in total. The van der Waals surface area contributed by atoms with Gasteiger partial charge in [-0.15, -0.1) is 0 Å². The minimum atomic E-state index is -0.116. The minimum absolute atomic E-state index is 0.114. The molecule has 0 aromatic heterocycles. The normalized spacial score (nSPS) is 27.7. The van der Waals surface area contributed by atoms with Crippen molar-refractivity contribution < 1.29 is 14.3 Å². The number of rotatable bonds is 7. The summed E-state index contributed by atoms with van der Waals surface area (Å²) in [6.45, 7) is 0.963. The van der Waals surface area contributed by atoms with Gasteiger partial charge in [0.25, 0.3) is 5.91 Å². The molecule has 0 aliphatic heterocycles. The topological polar surface area (TPSA) is 67.4 Å². The van der Waals surface area contributed by atoms with E-state index < -0.39 is 0 Å². The van der Waals surface area contributed by atoms with Crippen molar-refractivity contribution in [1.82, 2.24) is 10.6 Å². The highest BCUT2D eigenvalue weighted by molar-refractivity contribution is 5.94. The van der Waals surface area contributed by atoms with Crippen LogP contribution in [0.15, 0.2) is 48.5 Å². The van der Waals surface area contributed by atoms with Crippen LogP contribution < -0.4 is 15.4 Å². The molecule has 2 aromatic carbocycles. The maximum Gasteiger partial charge on any atom is 0.251 e. The third-order valence-electron chi connectivity index (χ3n) is 7.78. The van der Waals surface area contributed by atoms with Gasteiger partial charge in [-0.3, -0.25) is 9.59 Å². The Morgan fingerprint density at radius 2 is 1.50 bits per heavy atom. The molecule has 32 heavy (non-hydrogen) atoms. The first-order chi connectivity index (χ1) is 15.5. The standard InChI is InChI=1S/C27H32N2O3/c1-32-24-4-2-3-19(12-24)17-28-25(30)23-7-5-18(6-8-23)16-29-26(31)27-13-20-9-21(14-27)11-22(10-20)15-27/h2-8,12,20-22H,9-11,13-17H2,1H3,(H,28,30)(H,29,31). The van der Waals surface area contributed by atoms with E-state index in [-0.39, 0.29) is 17.2 Å². The van der Waals surface area contributed by atoms with E-state index >= 15 is 0 Å². The third kappa shape index (κ3) is 4.25. The van der Waals surface area contributed by atoms with Crippen molar-refractivity contribution in [3.05, 3.63) is 65.2 Å². The maximum absolute atomic E-state index is 13.1. The van der Waals surface area contributed by atoms with Crippen molar-refractivity contribution in [2.45, 2.75) is 51.6 Å². The molecule has 4 aliphatic carbocycles. The van der Waals surface area contributed by atoms with Gasteiger partial charge in [0.15, 0.2) is 0 Å². The summed E-state index contributed by atoms with van der Waals surface area (Å²) in [4.78, 5) is 25.6. The van der Waals surface area contributed by atoms with Crippen LogP contribution in [-0.4, -0.2) is 18.9 Å². The van der Waals surface area contributed by atoms with Gasteiger partial charge in [-0.05, 0) is 91.7 Å². The van der Waals surface area contributed by atoms with E-state index in [4.69, 9.17) is 4.74 Å². The van der Waals surface area contributed by atoms with Gasteiger partial charge in [-0.2, -0.15) is 0 Å². The van der Waals surface area contributed by atoms with Gasteiger partial charge in [0.2, 0.25) is 5.91 Å². The summed E-state index contributed by atoms with van der Waals surface area (Å²) >= 11 is 0. The average molecular weight is 433 g/mol. The summed E-state index contributed by atoms with van der Waals surface area (Å²) in [7, 11) is 1.63. The molecule has 2 aromatic rings. The molecule has 0 atom stereocenters. The zero-order valence-electron chi connectivity index (χ0n) is 18.7. The Labute approximate surface area is 189 Å². The summed E-state index contributed by atoms with van der Waals surface area (Å²) in [5.41, 5.74) is 2.51. The van der Waals surface area contributed by atoms with Gasteiger partial charge < -0.3 is 15.4 Å². The predicted octanol–water partition coefficient (Wildman–Crippen LogP) is 4.46. The van der Waals surface area contributed by atoms with E-state index in [1.165, 1.54) is 19.3 Å². The van der Waals surface area contributed by atoms with Gasteiger partial charge in [-0.25, -0.2) is 0 Å². The molecule has 4 aliphatic rings.